The average Bonchev–Trinajstić information content (AvgIpc) is 2.80. The van der Waals surface area contributed by atoms with E-state index in [4.69, 9.17) is 0 Å². The maximum atomic E-state index is 13.1. The molecule has 1 aromatic rings. The van der Waals surface area contributed by atoms with E-state index in [2.05, 4.69) is 5.32 Å². The predicted octanol–water partition coefficient (Wildman–Crippen LogP) is 3.52. The van der Waals surface area contributed by atoms with Crippen molar-refractivity contribution >= 4 is 5.91 Å². The number of hydrogen-bond donors (Lipinski definition) is 1. The van der Waals surface area contributed by atoms with Crippen LogP contribution >= 0.6 is 0 Å². The van der Waals surface area contributed by atoms with Crippen LogP contribution in [0.1, 0.15) is 41.6 Å². The molecule has 0 bridgehead atoms. The molecule has 0 unspecified atom stereocenters. The van der Waals surface area contributed by atoms with Gasteiger partial charge in [0.1, 0.15) is 5.82 Å². The van der Waals surface area contributed by atoms with E-state index in [-0.39, 0.29) is 11.6 Å². The van der Waals surface area contributed by atoms with Crippen LogP contribution in [-0.4, -0.2) is 11.9 Å². The second-order valence-corrected chi connectivity index (χ2v) is 4.65. The minimum Gasteiger partial charge on any atom is -0.349 e. The SMILES string of the molecule is O=C(NC1CCCC1)c1ccc(F)c(C(F)(F)F)c1. The molecule has 2 rings (SSSR count). The smallest absolute Gasteiger partial charge is 0.349 e. The standard InChI is InChI=1S/C13H13F4NO/c14-11-6-5-8(7-10(11)13(15,16)17)12(19)18-9-3-1-2-4-9/h5-7,9H,1-4H2,(H,18,19). The molecule has 1 N–H and O–H groups in total. The zero-order valence-electron chi connectivity index (χ0n) is 10.1. The van der Waals surface area contributed by atoms with E-state index in [0.29, 0.717) is 12.1 Å². The van der Waals surface area contributed by atoms with Gasteiger partial charge in [0.2, 0.25) is 0 Å². The fourth-order valence-corrected chi connectivity index (χ4v) is 2.22. The van der Waals surface area contributed by atoms with Crippen molar-refractivity contribution in [2.24, 2.45) is 0 Å². The molecule has 0 aromatic heterocycles. The predicted molar refractivity (Wildman–Crippen MR) is 61.1 cm³/mol. The quantitative estimate of drug-likeness (QED) is 0.822. The largest absolute Gasteiger partial charge is 0.419 e. The molecule has 1 aromatic carbocycles. The van der Waals surface area contributed by atoms with Gasteiger partial charge in [0.05, 0.1) is 5.56 Å². The molecule has 19 heavy (non-hydrogen) atoms. The Morgan fingerprint density at radius 1 is 1.21 bits per heavy atom. The molecule has 0 spiro atoms. The van der Waals surface area contributed by atoms with Crippen LogP contribution in [0.25, 0.3) is 0 Å². The van der Waals surface area contributed by atoms with Crippen molar-refractivity contribution in [1.29, 1.82) is 0 Å². The summed E-state index contributed by atoms with van der Waals surface area (Å²) in [6, 6.07) is 2.30. The number of carbonyl (C=O) groups is 1. The molecule has 1 saturated carbocycles. The second kappa shape index (κ2) is 5.19. The Bertz CT molecular complexity index is 478. The van der Waals surface area contributed by atoms with E-state index >= 15 is 0 Å². The van der Waals surface area contributed by atoms with Gasteiger partial charge in [0.25, 0.3) is 5.91 Å². The third-order valence-electron chi connectivity index (χ3n) is 3.22. The molecule has 0 heterocycles. The summed E-state index contributed by atoms with van der Waals surface area (Å²) < 4.78 is 50.7. The number of hydrogen-bond acceptors (Lipinski definition) is 1. The van der Waals surface area contributed by atoms with Gasteiger partial charge in [-0.05, 0) is 31.0 Å². The van der Waals surface area contributed by atoms with E-state index in [1.165, 1.54) is 0 Å². The molecule has 6 heteroatoms. The molecular formula is C13H13F4NO. The Kier molecular flexibility index (Phi) is 3.78. The van der Waals surface area contributed by atoms with Crippen molar-refractivity contribution < 1.29 is 22.4 Å². The molecule has 1 aliphatic carbocycles. The maximum Gasteiger partial charge on any atom is 0.419 e. The highest BCUT2D eigenvalue weighted by atomic mass is 19.4. The maximum absolute atomic E-state index is 13.1. The first-order valence-corrected chi connectivity index (χ1v) is 6.05. The van der Waals surface area contributed by atoms with Crippen molar-refractivity contribution in [2.75, 3.05) is 0 Å². The van der Waals surface area contributed by atoms with Gasteiger partial charge in [0, 0.05) is 11.6 Å². The van der Waals surface area contributed by atoms with E-state index in [9.17, 15) is 22.4 Å². The van der Waals surface area contributed by atoms with Crippen LogP contribution in [0.3, 0.4) is 0 Å². The summed E-state index contributed by atoms with van der Waals surface area (Å²) in [6.07, 6.45) is -1.13. The summed E-state index contributed by atoms with van der Waals surface area (Å²) in [5.41, 5.74) is -1.58. The summed E-state index contributed by atoms with van der Waals surface area (Å²) >= 11 is 0. The lowest BCUT2D eigenvalue weighted by Gasteiger charge is -2.13. The van der Waals surface area contributed by atoms with E-state index in [0.717, 1.165) is 31.7 Å². The lowest BCUT2D eigenvalue weighted by Crippen LogP contribution is -2.32. The van der Waals surface area contributed by atoms with Crippen LogP contribution in [0, 0.1) is 5.82 Å². The molecule has 104 valence electrons. The molecule has 0 saturated heterocycles. The number of rotatable bonds is 2. The summed E-state index contributed by atoms with van der Waals surface area (Å²) in [5.74, 6) is -1.96. The molecule has 1 amide bonds. The number of amides is 1. The van der Waals surface area contributed by atoms with Gasteiger partial charge in [0.15, 0.2) is 0 Å². The lowest BCUT2D eigenvalue weighted by molar-refractivity contribution is -0.140. The minimum atomic E-state index is -4.80. The zero-order chi connectivity index (χ0) is 14.0. The van der Waals surface area contributed by atoms with Gasteiger partial charge in [-0.2, -0.15) is 13.2 Å². The number of carbonyl (C=O) groups excluding carboxylic acids is 1. The highest BCUT2D eigenvalue weighted by Crippen LogP contribution is 2.32. The fourth-order valence-electron chi connectivity index (χ4n) is 2.22. The Morgan fingerprint density at radius 2 is 1.84 bits per heavy atom. The van der Waals surface area contributed by atoms with Gasteiger partial charge in [-0.3, -0.25) is 4.79 Å². The van der Waals surface area contributed by atoms with Crippen molar-refractivity contribution in [1.82, 2.24) is 5.32 Å². The van der Waals surface area contributed by atoms with Crippen LogP contribution < -0.4 is 5.32 Å². The molecule has 1 aliphatic rings. The van der Waals surface area contributed by atoms with Gasteiger partial charge in [-0.15, -0.1) is 0 Å². The van der Waals surface area contributed by atoms with E-state index < -0.39 is 23.5 Å². The Morgan fingerprint density at radius 3 is 2.42 bits per heavy atom. The first kappa shape index (κ1) is 13.8. The number of halogens is 4. The molecule has 1 fully saturated rings. The molecule has 2 nitrogen and oxygen atoms in total. The summed E-state index contributed by atoms with van der Waals surface area (Å²) in [4.78, 5) is 11.8. The lowest BCUT2D eigenvalue weighted by atomic mass is 10.1. The monoisotopic (exact) mass is 275 g/mol. The third-order valence-corrected chi connectivity index (χ3v) is 3.22. The number of benzene rings is 1. The molecule has 0 radical (unpaired) electrons. The van der Waals surface area contributed by atoms with Crippen molar-refractivity contribution in [2.45, 2.75) is 37.9 Å². The Balaban J connectivity index is 2.18. The Hall–Kier alpha value is -1.59. The van der Waals surface area contributed by atoms with E-state index in [1.807, 2.05) is 0 Å². The minimum absolute atomic E-state index is 0.00638. The first-order valence-electron chi connectivity index (χ1n) is 6.05. The van der Waals surface area contributed by atoms with Gasteiger partial charge in [-0.1, -0.05) is 12.8 Å². The van der Waals surface area contributed by atoms with Crippen LogP contribution in [0.4, 0.5) is 17.6 Å². The molecule has 0 aliphatic heterocycles. The average molecular weight is 275 g/mol. The highest BCUT2D eigenvalue weighted by Gasteiger charge is 2.34. The van der Waals surface area contributed by atoms with Crippen LogP contribution in [0.5, 0.6) is 0 Å². The van der Waals surface area contributed by atoms with Crippen LogP contribution in [-0.2, 0) is 6.18 Å². The topological polar surface area (TPSA) is 29.1 Å². The van der Waals surface area contributed by atoms with Crippen LogP contribution in [0.2, 0.25) is 0 Å². The summed E-state index contributed by atoms with van der Waals surface area (Å²) in [5, 5.41) is 2.66. The van der Waals surface area contributed by atoms with Gasteiger partial charge in [-0.25, -0.2) is 4.39 Å². The van der Waals surface area contributed by atoms with Crippen molar-refractivity contribution in [3.63, 3.8) is 0 Å². The zero-order valence-corrected chi connectivity index (χ0v) is 10.1. The highest BCUT2D eigenvalue weighted by molar-refractivity contribution is 5.94. The van der Waals surface area contributed by atoms with Crippen molar-refractivity contribution in [3.8, 4) is 0 Å². The van der Waals surface area contributed by atoms with Gasteiger partial charge < -0.3 is 5.32 Å². The molecule has 0 atom stereocenters. The number of alkyl halides is 3. The van der Waals surface area contributed by atoms with E-state index in [1.54, 1.807) is 0 Å². The number of nitrogens with one attached hydrogen (secondary N) is 1. The van der Waals surface area contributed by atoms with Gasteiger partial charge >= 0.3 is 6.18 Å². The summed E-state index contributed by atoms with van der Waals surface area (Å²) in [6.45, 7) is 0. The Labute approximate surface area is 107 Å². The second-order valence-electron chi connectivity index (χ2n) is 4.65. The third kappa shape index (κ3) is 3.24. The normalized spacial score (nSPS) is 16.6. The van der Waals surface area contributed by atoms with Crippen LogP contribution in [0.15, 0.2) is 18.2 Å². The fraction of sp³-hybridized carbons (Fsp3) is 0.462. The van der Waals surface area contributed by atoms with Crippen molar-refractivity contribution in [3.05, 3.63) is 35.1 Å². The molecular weight excluding hydrogens is 262 g/mol. The summed E-state index contributed by atoms with van der Waals surface area (Å²) in [7, 11) is 0. The first-order chi connectivity index (χ1) is 8.88.